The van der Waals surface area contributed by atoms with Crippen LogP contribution in [0.5, 0.6) is 11.5 Å². The second kappa shape index (κ2) is 11.4. The zero-order valence-electron chi connectivity index (χ0n) is 19.1. The second-order valence-electron chi connectivity index (χ2n) is 8.02. The first kappa shape index (κ1) is 24.2. The zero-order valence-corrected chi connectivity index (χ0v) is 19.9. The maximum Gasteiger partial charge on any atom is 0.226 e. The molecule has 1 aromatic carbocycles. The molecule has 1 fully saturated rings. The molecule has 1 amide bonds. The number of ketones is 1. The lowest BCUT2D eigenvalue weighted by atomic mass is 10.1. The number of benzene rings is 1. The SMILES string of the molecule is COc1cc(C(C)=O)ccc1OCCCC(=O)Nc1nc(CN2CC(C)OC(C)C2)cs1. The number of hydrogen-bond donors (Lipinski definition) is 1. The number of morpholine rings is 1. The summed E-state index contributed by atoms with van der Waals surface area (Å²) in [7, 11) is 1.53. The topological polar surface area (TPSA) is 90.0 Å². The van der Waals surface area contributed by atoms with Gasteiger partial charge in [-0.2, -0.15) is 0 Å². The average Bonchev–Trinajstić information content (AvgIpc) is 3.16. The average molecular weight is 462 g/mol. The van der Waals surface area contributed by atoms with Crippen LogP contribution in [0.1, 0.15) is 49.7 Å². The molecule has 1 saturated heterocycles. The van der Waals surface area contributed by atoms with Gasteiger partial charge in [-0.15, -0.1) is 11.3 Å². The van der Waals surface area contributed by atoms with E-state index < -0.39 is 0 Å². The maximum absolute atomic E-state index is 12.3. The first-order valence-corrected chi connectivity index (χ1v) is 11.7. The Morgan fingerprint density at radius 1 is 1.25 bits per heavy atom. The molecule has 2 aromatic rings. The van der Waals surface area contributed by atoms with E-state index in [1.165, 1.54) is 25.4 Å². The van der Waals surface area contributed by atoms with Crippen molar-refractivity contribution in [3.63, 3.8) is 0 Å². The van der Waals surface area contributed by atoms with Gasteiger partial charge in [-0.25, -0.2) is 4.98 Å². The number of Topliss-reactive ketones (excluding diaryl/α,β-unsaturated/α-hetero) is 1. The van der Waals surface area contributed by atoms with Crippen LogP contribution in [0.3, 0.4) is 0 Å². The standard InChI is InChI=1S/C23H31N3O5S/c1-15-11-26(12-16(2)31-15)13-19-14-32-23(24-19)25-22(28)6-5-9-30-20-8-7-18(17(3)27)10-21(20)29-4/h7-8,10,14-16H,5-6,9,11-13H2,1-4H3,(H,24,25,28). The lowest BCUT2D eigenvalue weighted by molar-refractivity contribution is -0.116. The van der Waals surface area contributed by atoms with E-state index in [2.05, 4.69) is 29.0 Å². The molecule has 2 heterocycles. The summed E-state index contributed by atoms with van der Waals surface area (Å²) in [5.41, 5.74) is 1.52. The number of hydrogen-bond acceptors (Lipinski definition) is 8. The van der Waals surface area contributed by atoms with Gasteiger partial charge in [0.05, 0.1) is 31.6 Å². The molecule has 0 spiro atoms. The van der Waals surface area contributed by atoms with Crippen LogP contribution in [0.15, 0.2) is 23.6 Å². The number of methoxy groups -OCH3 is 1. The van der Waals surface area contributed by atoms with Crippen LogP contribution in [-0.4, -0.2) is 60.6 Å². The predicted molar refractivity (Wildman–Crippen MR) is 124 cm³/mol. The van der Waals surface area contributed by atoms with Gasteiger partial charge in [0.1, 0.15) is 0 Å². The number of ether oxygens (including phenoxy) is 3. The molecule has 1 aliphatic rings. The van der Waals surface area contributed by atoms with E-state index in [9.17, 15) is 9.59 Å². The lowest BCUT2D eigenvalue weighted by Crippen LogP contribution is -2.44. The van der Waals surface area contributed by atoms with E-state index in [1.807, 2.05) is 5.38 Å². The highest BCUT2D eigenvalue weighted by Gasteiger charge is 2.22. The van der Waals surface area contributed by atoms with Crippen molar-refractivity contribution in [3.8, 4) is 11.5 Å². The van der Waals surface area contributed by atoms with Gasteiger partial charge in [-0.05, 0) is 45.4 Å². The van der Waals surface area contributed by atoms with Crippen molar-refractivity contribution >= 4 is 28.2 Å². The van der Waals surface area contributed by atoms with Crippen molar-refractivity contribution in [2.45, 2.75) is 52.4 Å². The van der Waals surface area contributed by atoms with Crippen LogP contribution in [0.4, 0.5) is 5.13 Å². The van der Waals surface area contributed by atoms with Crippen molar-refractivity contribution in [1.29, 1.82) is 0 Å². The van der Waals surface area contributed by atoms with E-state index in [0.29, 0.717) is 41.6 Å². The molecule has 2 unspecified atom stereocenters. The molecule has 8 nitrogen and oxygen atoms in total. The quantitative estimate of drug-likeness (QED) is 0.426. The summed E-state index contributed by atoms with van der Waals surface area (Å²) in [6.07, 6.45) is 1.29. The molecule has 0 bridgehead atoms. The summed E-state index contributed by atoms with van der Waals surface area (Å²) < 4.78 is 16.8. The Balaban J connectivity index is 1.41. The Morgan fingerprint density at radius 3 is 2.69 bits per heavy atom. The van der Waals surface area contributed by atoms with E-state index in [-0.39, 0.29) is 23.9 Å². The zero-order chi connectivity index (χ0) is 23.1. The Hall–Kier alpha value is -2.49. The molecule has 0 saturated carbocycles. The van der Waals surface area contributed by atoms with E-state index in [4.69, 9.17) is 14.2 Å². The van der Waals surface area contributed by atoms with Gasteiger partial charge in [-0.1, -0.05) is 0 Å². The fourth-order valence-electron chi connectivity index (χ4n) is 3.68. The summed E-state index contributed by atoms with van der Waals surface area (Å²) in [5.74, 6) is 0.920. The molecular formula is C23H31N3O5S. The summed E-state index contributed by atoms with van der Waals surface area (Å²) in [5, 5.41) is 5.47. The Bertz CT molecular complexity index is 922. The van der Waals surface area contributed by atoms with Gasteiger partial charge in [0.15, 0.2) is 22.4 Å². The fourth-order valence-corrected chi connectivity index (χ4v) is 4.40. The first-order valence-electron chi connectivity index (χ1n) is 10.8. The molecule has 9 heteroatoms. The number of anilines is 1. The number of nitrogens with zero attached hydrogens (tertiary/aromatic N) is 2. The number of carbonyl (C=O) groups excluding carboxylic acids is 2. The van der Waals surface area contributed by atoms with Crippen LogP contribution in [0.25, 0.3) is 0 Å². The normalized spacial score (nSPS) is 18.9. The van der Waals surface area contributed by atoms with Gasteiger partial charge < -0.3 is 19.5 Å². The van der Waals surface area contributed by atoms with Crippen LogP contribution in [0, 0.1) is 0 Å². The van der Waals surface area contributed by atoms with Crippen LogP contribution in [-0.2, 0) is 16.1 Å². The van der Waals surface area contributed by atoms with Gasteiger partial charge in [0.2, 0.25) is 5.91 Å². The molecule has 0 aliphatic carbocycles. The van der Waals surface area contributed by atoms with E-state index >= 15 is 0 Å². The minimum Gasteiger partial charge on any atom is -0.493 e. The molecule has 3 rings (SSSR count). The van der Waals surface area contributed by atoms with Crippen molar-refractivity contribution in [2.24, 2.45) is 0 Å². The highest BCUT2D eigenvalue weighted by atomic mass is 32.1. The summed E-state index contributed by atoms with van der Waals surface area (Å²) in [6, 6.07) is 5.07. The molecule has 2 atom stereocenters. The van der Waals surface area contributed by atoms with Crippen LogP contribution in [0.2, 0.25) is 0 Å². The number of nitrogens with one attached hydrogen (secondary N) is 1. The molecule has 1 aromatic heterocycles. The minimum absolute atomic E-state index is 0.0362. The smallest absolute Gasteiger partial charge is 0.226 e. The number of carbonyl (C=O) groups is 2. The first-order chi connectivity index (χ1) is 15.3. The van der Waals surface area contributed by atoms with E-state index in [0.717, 1.165) is 25.3 Å². The molecule has 174 valence electrons. The number of aromatic nitrogens is 1. The predicted octanol–water partition coefficient (Wildman–Crippen LogP) is 3.76. The Kier molecular flexibility index (Phi) is 8.60. The van der Waals surface area contributed by atoms with Crippen molar-refractivity contribution in [3.05, 3.63) is 34.8 Å². The minimum atomic E-state index is -0.0954. The third-order valence-electron chi connectivity index (χ3n) is 5.05. The Morgan fingerprint density at radius 2 is 2.00 bits per heavy atom. The summed E-state index contributed by atoms with van der Waals surface area (Å²) in [4.78, 5) is 30.6. The Labute approximate surface area is 192 Å². The van der Waals surface area contributed by atoms with E-state index in [1.54, 1.807) is 18.2 Å². The second-order valence-corrected chi connectivity index (χ2v) is 8.88. The molecule has 32 heavy (non-hydrogen) atoms. The number of thiazole rings is 1. The van der Waals surface area contributed by atoms with Gasteiger partial charge in [0.25, 0.3) is 0 Å². The summed E-state index contributed by atoms with van der Waals surface area (Å²) in [6.45, 7) is 8.54. The third kappa shape index (κ3) is 7.01. The summed E-state index contributed by atoms with van der Waals surface area (Å²) >= 11 is 1.44. The van der Waals surface area contributed by atoms with Gasteiger partial charge >= 0.3 is 0 Å². The largest absolute Gasteiger partial charge is 0.493 e. The maximum atomic E-state index is 12.3. The highest BCUT2D eigenvalue weighted by molar-refractivity contribution is 7.13. The molecular weight excluding hydrogens is 430 g/mol. The molecule has 1 N–H and O–H groups in total. The number of amides is 1. The van der Waals surface area contributed by atoms with Crippen LogP contribution >= 0.6 is 11.3 Å². The van der Waals surface area contributed by atoms with Gasteiger partial charge in [0, 0.05) is 37.0 Å². The third-order valence-corrected chi connectivity index (χ3v) is 5.86. The van der Waals surface area contributed by atoms with Gasteiger partial charge in [-0.3, -0.25) is 14.5 Å². The van der Waals surface area contributed by atoms with Crippen molar-refractivity contribution in [1.82, 2.24) is 9.88 Å². The molecule has 1 aliphatic heterocycles. The van der Waals surface area contributed by atoms with Crippen molar-refractivity contribution in [2.75, 3.05) is 32.1 Å². The van der Waals surface area contributed by atoms with Crippen LogP contribution < -0.4 is 14.8 Å². The molecule has 0 radical (unpaired) electrons. The highest BCUT2D eigenvalue weighted by Crippen LogP contribution is 2.28. The monoisotopic (exact) mass is 461 g/mol. The van der Waals surface area contributed by atoms with Crippen molar-refractivity contribution < 1.29 is 23.8 Å². The lowest BCUT2D eigenvalue weighted by Gasteiger charge is -2.34. The fraction of sp³-hybridized carbons (Fsp3) is 0.522. The number of rotatable bonds is 10.